The van der Waals surface area contributed by atoms with Crippen LogP contribution in [0.2, 0.25) is 0 Å². The molecule has 0 spiro atoms. The number of nitrogens with one attached hydrogen (secondary N) is 3. The Morgan fingerprint density at radius 2 is 2.00 bits per heavy atom. The highest BCUT2D eigenvalue weighted by atomic mass is 16.5. The van der Waals surface area contributed by atoms with Gasteiger partial charge in [0, 0.05) is 29.7 Å². The Bertz CT molecular complexity index is 1140. The Morgan fingerprint density at radius 1 is 1.25 bits per heavy atom. The lowest BCUT2D eigenvalue weighted by atomic mass is 10.1. The molecule has 1 aromatic carbocycles. The van der Waals surface area contributed by atoms with Gasteiger partial charge < -0.3 is 14.8 Å². The number of hydrogen-bond acceptors (Lipinski definition) is 6. The maximum atomic E-state index is 12.5. The van der Waals surface area contributed by atoms with E-state index in [1.54, 1.807) is 20.0 Å². The van der Waals surface area contributed by atoms with Crippen molar-refractivity contribution in [3.63, 3.8) is 0 Å². The number of nitrogens with zero attached hydrogens (tertiary/aromatic N) is 1. The van der Waals surface area contributed by atoms with E-state index in [2.05, 4.69) is 15.0 Å². The summed E-state index contributed by atoms with van der Waals surface area (Å²) in [4.78, 5) is 46.9. The summed E-state index contributed by atoms with van der Waals surface area (Å²) in [6, 6.07) is 6.70. The molecule has 9 nitrogen and oxygen atoms in total. The molecule has 2 heterocycles. The molecule has 0 saturated carbocycles. The van der Waals surface area contributed by atoms with Gasteiger partial charge in [0.1, 0.15) is 5.56 Å². The molecule has 3 aromatic rings. The molecule has 4 N–H and O–H groups in total. The second-order valence-corrected chi connectivity index (χ2v) is 6.51. The van der Waals surface area contributed by atoms with Crippen molar-refractivity contribution in [2.24, 2.45) is 4.99 Å². The molecule has 0 bridgehead atoms. The van der Waals surface area contributed by atoms with Crippen molar-refractivity contribution in [2.75, 3.05) is 0 Å². The number of carbonyl (C=O) groups excluding carboxylic acids is 1. The largest absolute Gasteiger partial charge is 0.494 e. The summed E-state index contributed by atoms with van der Waals surface area (Å²) in [7, 11) is 0. The van der Waals surface area contributed by atoms with Gasteiger partial charge in [-0.25, -0.2) is 9.59 Å². The van der Waals surface area contributed by atoms with Gasteiger partial charge in [-0.2, -0.15) is 0 Å². The van der Waals surface area contributed by atoms with E-state index < -0.39 is 29.1 Å². The van der Waals surface area contributed by atoms with Crippen LogP contribution in [0.1, 0.15) is 25.0 Å². The highest BCUT2D eigenvalue weighted by molar-refractivity contribution is 5.87. The van der Waals surface area contributed by atoms with Crippen molar-refractivity contribution in [2.45, 2.75) is 32.4 Å². The van der Waals surface area contributed by atoms with Crippen molar-refractivity contribution >= 4 is 23.1 Å². The molecule has 0 aliphatic heterocycles. The lowest BCUT2D eigenvalue weighted by molar-refractivity contribution is -0.148. The van der Waals surface area contributed by atoms with Gasteiger partial charge in [0.05, 0.1) is 6.10 Å². The number of aromatic nitrogens is 3. The fraction of sp³-hybridized carbons (Fsp3) is 0.263. The first kappa shape index (κ1) is 19.2. The number of fused-ring (bicyclic) bond motifs is 1. The predicted molar refractivity (Wildman–Crippen MR) is 104 cm³/mol. The third-order valence-electron chi connectivity index (χ3n) is 4.05. The number of para-hydroxylation sites is 1. The van der Waals surface area contributed by atoms with E-state index in [9.17, 15) is 19.5 Å². The number of benzene rings is 1. The minimum Gasteiger partial charge on any atom is -0.494 e. The molecule has 0 aliphatic carbocycles. The van der Waals surface area contributed by atoms with Gasteiger partial charge in [-0.15, -0.1) is 0 Å². The van der Waals surface area contributed by atoms with Crippen molar-refractivity contribution in [3.05, 3.63) is 62.4 Å². The smallest absolute Gasteiger partial charge is 0.331 e. The van der Waals surface area contributed by atoms with E-state index in [0.29, 0.717) is 0 Å². The molecule has 0 radical (unpaired) electrons. The zero-order valence-electron chi connectivity index (χ0n) is 15.4. The van der Waals surface area contributed by atoms with Crippen LogP contribution in [-0.2, 0) is 16.0 Å². The Kier molecular flexibility index (Phi) is 5.44. The van der Waals surface area contributed by atoms with Crippen LogP contribution in [0.4, 0.5) is 0 Å². The van der Waals surface area contributed by atoms with Crippen molar-refractivity contribution in [1.82, 2.24) is 15.0 Å². The van der Waals surface area contributed by atoms with Gasteiger partial charge in [0.2, 0.25) is 5.88 Å². The molecule has 0 amide bonds. The van der Waals surface area contributed by atoms with Crippen molar-refractivity contribution in [3.8, 4) is 5.88 Å². The first-order chi connectivity index (χ1) is 13.3. The van der Waals surface area contributed by atoms with Gasteiger partial charge >= 0.3 is 11.7 Å². The average molecular weight is 384 g/mol. The lowest BCUT2D eigenvalue weighted by Crippen LogP contribution is -2.28. The van der Waals surface area contributed by atoms with Crippen LogP contribution in [0.25, 0.3) is 10.9 Å². The van der Waals surface area contributed by atoms with Gasteiger partial charge in [-0.1, -0.05) is 18.2 Å². The van der Waals surface area contributed by atoms with Crippen LogP contribution >= 0.6 is 0 Å². The number of carbonyl (C=O) groups is 1. The number of hydrogen-bond donors (Lipinski definition) is 4. The maximum absolute atomic E-state index is 12.5. The molecule has 0 saturated heterocycles. The van der Waals surface area contributed by atoms with Crippen LogP contribution in [0.5, 0.6) is 5.88 Å². The summed E-state index contributed by atoms with van der Waals surface area (Å²) < 4.78 is 5.27. The molecule has 1 atom stereocenters. The van der Waals surface area contributed by atoms with Gasteiger partial charge in [0.15, 0.2) is 6.04 Å². The molecule has 2 aromatic heterocycles. The Hall–Kier alpha value is -3.62. The van der Waals surface area contributed by atoms with Crippen LogP contribution < -0.4 is 11.2 Å². The number of esters is 1. The fourth-order valence-electron chi connectivity index (χ4n) is 2.78. The van der Waals surface area contributed by atoms with Crippen LogP contribution in [0, 0.1) is 0 Å². The third kappa shape index (κ3) is 4.20. The molecule has 3 rings (SSSR count). The van der Waals surface area contributed by atoms with E-state index in [0.717, 1.165) is 22.7 Å². The second-order valence-electron chi connectivity index (χ2n) is 6.51. The molecule has 0 fully saturated rings. The lowest BCUT2D eigenvalue weighted by Gasteiger charge is -2.14. The zero-order valence-corrected chi connectivity index (χ0v) is 15.4. The third-order valence-corrected chi connectivity index (χ3v) is 4.05. The fourth-order valence-corrected chi connectivity index (χ4v) is 2.78. The normalized spacial score (nSPS) is 12.7. The maximum Gasteiger partial charge on any atom is 0.331 e. The summed E-state index contributed by atoms with van der Waals surface area (Å²) >= 11 is 0. The monoisotopic (exact) mass is 384 g/mol. The number of aliphatic imine (C=N–C) groups is 1. The first-order valence-corrected chi connectivity index (χ1v) is 8.69. The van der Waals surface area contributed by atoms with Crippen molar-refractivity contribution < 1.29 is 14.6 Å². The van der Waals surface area contributed by atoms with E-state index >= 15 is 0 Å². The average Bonchev–Trinajstić information content (AvgIpc) is 3.02. The number of aromatic amines is 3. The summed E-state index contributed by atoms with van der Waals surface area (Å²) in [6.45, 7) is 3.45. The Morgan fingerprint density at radius 3 is 2.71 bits per heavy atom. The second kappa shape index (κ2) is 7.95. The minimum atomic E-state index is -0.938. The van der Waals surface area contributed by atoms with E-state index in [4.69, 9.17) is 4.74 Å². The number of aromatic hydroxyl groups is 1. The van der Waals surface area contributed by atoms with Crippen LogP contribution in [0.15, 0.2) is 45.0 Å². The Labute approximate surface area is 159 Å². The van der Waals surface area contributed by atoms with Gasteiger partial charge in [-0.05, 0) is 25.5 Å². The SMILES string of the molecule is CC(C)OC(=O)[C@@H](Cc1c[nH]c2ccccc12)N=Cc1c(O)[nH]c(=O)[nH]c1=O. The standard InChI is InChI=1S/C19H20N4O5/c1-10(2)28-18(26)15(7-11-8-20-14-6-4-3-5-12(11)14)21-9-13-16(24)22-19(27)23-17(13)25/h3-6,8-10,15,20H,7H2,1-2H3,(H3,22,23,24,25,27)/t15-/m1/s1. The van der Waals surface area contributed by atoms with Crippen LogP contribution in [-0.4, -0.2) is 44.4 Å². The van der Waals surface area contributed by atoms with Gasteiger partial charge in [0.25, 0.3) is 5.56 Å². The number of H-pyrrole nitrogens is 3. The highest BCUT2D eigenvalue weighted by Crippen LogP contribution is 2.20. The summed E-state index contributed by atoms with van der Waals surface area (Å²) in [6.07, 6.45) is 2.75. The Balaban J connectivity index is 1.94. The summed E-state index contributed by atoms with van der Waals surface area (Å²) in [5.74, 6) is -1.18. The molecular formula is C19H20N4O5. The van der Waals surface area contributed by atoms with E-state index in [1.165, 1.54) is 0 Å². The first-order valence-electron chi connectivity index (χ1n) is 8.69. The highest BCUT2D eigenvalue weighted by Gasteiger charge is 2.22. The molecular weight excluding hydrogens is 364 g/mol. The molecule has 0 aliphatic rings. The topological polar surface area (TPSA) is 140 Å². The van der Waals surface area contributed by atoms with Gasteiger partial charge in [-0.3, -0.25) is 19.8 Å². The molecule has 28 heavy (non-hydrogen) atoms. The summed E-state index contributed by atoms with van der Waals surface area (Å²) in [5.41, 5.74) is -0.117. The number of ether oxygens (including phenoxy) is 1. The number of rotatable bonds is 6. The quantitative estimate of drug-likeness (QED) is 0.374. The molecule has 0 unspecified atom stereocenters. The van der Waals surface area contributed by atoms with E-state index in [-0.39, 0.29) is 18.1 Å². The molecule has 9 heteroatoms. The molecule has 146 valence electrons. The van der Waals surface area contributed by atoms with Crippen LogP contribution in [0.3, 0.4) is 0 Å². The summed E-state index contributed by atoms with van der Waals surface area (Å²) in [5, 5.41) is 10.7. The predicted octanol–water partition coefficient (Wildman–Crippen LogP) is 1.23. The zero-order chi connectivity index (χ0) is 20.3. The minimum absolute atomic E-state index is 0.230. The van der Waals surface area contributed by atoms with E-state index in [1.807, 2.05) is 29.2 Å². The van der Waals surface area contributed by atoms with Crippen molar-refractivity contribution in [1.29, 1.82) is 0 Å².